The van der Waals surface area contributed by atoms with Gasteiger partial charge in [0, 0.05) is 32.9 Å². The lowest BCUT2D eigenvalue weighted by molar-refractivity contribution is 0.324. The maximum Gasteiger partial charge on any atom is 0.191 e. The Morgan fingerprint density at radius 1 is 1.39 bits per heavy atom. The summed E-state index contributed by atoms with van der Waals surface area (Å²) >= 11 is 12.1. The third-order valence-corrected chi connectivity index (χ3v) is 5.19. The Balaban J connectivity index is 1.77. The van der Waals surface area contributed by atoms with Crippen LogP contribution in [0, 0.1) is 5.92 Å². The molecule has 1 aliphatic heterocycles. The molecule has 5 nitrogen and oxygen atoms in total. The van der Waals surface area contributed by atoms with Gasteiger partial charge in [-0.1, -0.05) is 30.1 Å². The molecule has 1 atom stereocenters. The predicted octanol–water partition coefficient (Wildman–Crippen LogP) is 2.73. The molecule has 1 aromatic heterocycles. The molecule has 1 aliphatic rings. The largest absolute Gasteiger partial charge is 0.356 e. The maximum absolute atomic E-state index is 6.09. The number of halogens is 2. The Bertz CT molecular complexity index is 541. The first kappa shape index (κ1) is 18.4. The zero-order valence-electron chi connectivity index (χ0n) is 14.2. The van der Waals surface area contributed by atoms with Gasteiger partial charge in [-0.25, -0.2) is 0 Å². The van der Waals surface area contributed by atoms with Crippen LogP contribution in [0.1, 0.15) is 25.5 Å². The quantitative estimate of drug-likeness (QED) is 0.606. The Morgan fingerprint density at radius 2 is 2.17 bits per heavy atom. The molecule has 0 aromatic carbocycles. The van der Waals surface area contributed by atoms with Gasteiger partial charge in [0.25, 0.3) is 0 Å². The summed E-state index contributed by atoms with van der Waals surface area (Å²) in [5, 5.41) is 7.88. The van der Waals surface area contributed by atoms with Gasteiger partial charge in [0.2, 0.25) is 0 Å². The molecule has 2 N–H and O–H groups in total. The SMILES string of the molecule is CCCN1CCC(CNC(=NC)NCc2cc(Cl)c(Cl)n2C)C1. The van der Waals surface area contributed by atoms with Crippen molar-refractivity contribution in [2.24, 2.45) is 18.0 Å². The Kier molecular flexibility index (Phi) is 7.06. The lowest BCUT2D eigenvalue weighted by Gasteiger charge is -2.17. The fourth-order valence-electron chi connectivity index (χ4n) is 2.99. The van der Waals surface area contributed by atoms with Crippen LogP contribution < -0.4 is 10.6 Å². The molecule has 130 valence electrons. The molecule has 23 heavy (non-hydrogen) atoms. The normalized spacial score (nSPS) is 19.3. The summed E-state index contributed by atoms with van der Waals surface area (Å²) in [5.41, 5.74) is 1.03. The summed E-state index contributed by atoms with van der Waals surface area (Å²) in [6.07, 6.45) is 2.48. The lowest BCUT2D eigenvalue weighted by Crippen LogP contribution is -2.40. The van der Waals surface area contributed by atoms with Crippen LogP contribution in [0.4, 0.5) is 0 Å². The lowest BCUT2D eigenvalue weighted by atomic mass is 10.1. The topological polar surface area (TPSA) is 44.6 Å². The molecule has 1 aromatic rings. The fourth-order valence-corrected chi connectivity index (χ4v) is 3.41. The number of hydrogen-bond donors (Lipinski definition) is 2. The van der Waals surface area contributed by atoms with E-state index in [2.05, 4.69) is 27.4 Å². The summed E-state index contributed by atoms with van der Waals surface area (Å²) < 4.78 is 1.88. The second-order valence-corrected chi connectivity index (χ2v) is 6.86. The van der Waals surface area contributed by atoms with Gasteiger partial charge in [0.05, 0.1) is 11.6 Å². The van der Waals surface area contributed by atoms with Crippen molar-refractivity contribution in [2.75, 3.05) is 33.2 Å². The van der Waals surface area contributed by atoms with Crippen LogP contribution >= 0.6 is 23.2 Å². The number of likely N-dealkylation sites (tertiary alicyclic amines) is 1. The van der Waals surface area contributed by atoms with E-state index < -0.39 is 0 Å². The van der Waals surface area contributed by atoms with E-state index in [0.717, 1.165) is 18.2 Å². The van der Waals surface area contributed by atoms with Crippen LogP contribution in [0.2, 0.25) is 10.2 Å². The van der Waals surface area contributed by atoms with Gasteiger partial charge in [-0.2, -0.15) is 0 Å². The first-order valence-electron chi connectivity index (χ1n) is 8.21. The van der Waals surface area contributed by atoms with Crippen molar-refractivity contribution in [3.63, 3.8) is 0 Å². The molecule has 0 radical (unpaired) electrons. The van der Waals surface area contributed by atoms with Crippen molar-refractivity contribution in [2.45, 2.75) is 26.3 Å². The van der Waals surface area contributed by atoms with E-state index in [1.54, 1.807) is 7.05 Å². The molecule has 0 spiro atoms. The van der Waals surface area contributed by atoms with E-state index in [-0.39, 0.29) is 0 Å². The first-order valence-corrected chi connectivity index (χ1v) is 8.97. The maximum atomic E-state index is 6.09. The van der Waals surface area contributed by atoms with Crippen LogP contribution in [0.25, 0.3) is 0 Å². The molecule has 1 fully saturated rings. The van der Waals surface area contributed by atoms with Crippen LogP contribution in [-0.4, -0.2) is 48.7 Å². The van der Waals surface area contributed by atoms with Crippen LogP contribution in [0.5, 0.6) is 0 Å². The number of rotatable bonds is 6. The van der Waals surface area contributed by atoms with Gasteiger partial charge in [0.15, 0.2) is 5.96 Å². The van der Waals surface area contributed by atoms with Crippen LogP contribution in [0.15, 0.2) is 11.1 Å². The van der Waals surface area contributed by atoms with Gasteiger partial charge in [0.1, 0.15) is 5.15 Å². The molecular weight excluding hydrogens is 333 g/mol. The molecule has 2 rings (SSSR count). The fraction of sp³-hybridized carbons (Fsp3) is 0.688. The van der Waals surface area contributed by atoms with E-state index >= 15 is 0 Å². The standard InChI is InChI=1S/C16H27Cl2N5/c1-4-6-23-7-5-12(11-23)9-20-16(19-2)21-10-13-8-14(17)15(18)22(13)3/h8,12H,4-7,9-11H2,1-3H3,(H2,19,20,21). The molecule has 1 unspecified atom stereocenters. The number of aliphatic imine (C=N–C) groups is 1. The highest BCUT2D eigenvalue weighted by Gasteiger charge is 2.21. The number of nitrogens with one attached hydrogen (secondary N) is 2. The van der Waals surface area contributed by atoms with Gasteiger partial charge in [-0.15, -0.1) is 0 Å². The number of nitrogens with zero attached hydrogens (tertiary/aromatic N) is 3. The van der Waals surface area contributed by atoms with E-state index in [0.29, 0.717) is 22.6 Å². The highest BCUT2D eigenvalue weighted by atomic mass is 35.5. The van der Waals surface area contributed by atoms with E-state index in [1.165, 1.54) is 32.5 Å². The Labute approximate surface area is 149 Å². The minimum Gasteiger partial charge on any atom is -0.356 e. The number of guanidine groups is 1. The van der Waals surface area contributed by atoms with Crippen molar-refractivity contribution >= 4 is 29.2 Å². The minimum absolute atomic E-state index is 0.563. The highest BCUT2D eigenvalue weighted by Crippen LogP contribution is 2.24. The average molecular weight is 360 g/mol. The average Bonchev–Trinajstić information content (AvgIpc) is 3.08. The van der Waals surface area contributed by atoms with Crippen molar-refractivity contribution in [1.29, 1.82) is 0 Å². The third kappa shape index (κ3) is 5.03. The molecular formula is C16H27Cl2N5. The van der Waals surface area contributed by atoms with Crippen LogP contribution in [-0.2, 0) is 13.6 Å². The molecule has 2 heterocycles. The highest BCUT2D eigenvalue weighted by molar-refractivity contribution is 6.41. The zero-order chi connectivity index (χ0) is 16.8. The van der Waals surface area contributed by atoms with E-state index in [4.69, 9.17) is 23.2 Å². The summed E-state index contributed by atoms with van der Waals surface area (Å²) in [6, 6.07) is 1.88. The third-order valence-electron chi connectivity index (χ3n) is 4.34. The van der Waals surface area contributed by atoms with Crippen LogP contribution in [0.3, 0.4) is 0 Å². The van der Waals surface area contributed by atoms with Gasteiger partial charge < -0.3 is 20.1 Å². The summed E-state index contributed by atoms with van der Waals surface area (Å²) in [7, 11) is 3.70. The monoisotopic (exact) mass is 359 g/mol. The van der Waals surface area contributed by atoms with Crippen molar-refractivity contribution in [3.8, 4) is 0 Å². The van der Waals surface area contributed by atoms with E-state index in [1.807, 2.05) is 17.7 Å². The van der Waals surface area contributed by atoms with Crippen molar-refractivity contribution < 1.29 is 0 Å². The number of hydrogen-bond acceptors (Lipinski definition) is 2. The smallest absolute Gasteiger partial charge is 0.191 e. The van der Waals surface area contributed by atoms with E-state index in [9.17, 15) is 0 Å². The van der Waals surface area contributed by atoms with Gasteiger partial charge >= 0.3 is 0 Å². The zero-order valence-corrected chi connectivity index (χ0v) is 15.7. The first-order chi connectivity index (χ1) is 11.0. The second-order valence-electron chi connectivity index (χ2n) is 6.10. The molecule has 0 saturated carbocycles. The summed E-state index contributed by atoms with van der Waals surface area (Å²) in [4.78, 5) is 6.82. The molecule has 7 heteroatoms. The molecule has 0 bridgehead atoms. The molecule has 0 aliphatic carbocycles. The molecule has 1 saturated heterocycles. The van der Waals surface area contributed by atoms with Crippen molar-refractivity contribution in [1.82, 2.24) is 20.1 Å². The van der Waals surface area contributed by atoms with Gasteiger partial charge in [-0.3, -0.25) is 4.99 Å². The molecule has 0 amide bonds. The summed E-state index contributed by atoms with van der Waals surface area (Å²) in [6.45, 7) is 7.43. The van der Waals surface area contributed by atoms with Crippen molar-refractivity contribution in [3.05, 3.63) is 21.9 Å². The van der Waals surface area contributed by atoms with Gasteiger partial charge in [-0.05, 0) is 37.9 Å². The number of aromatic nitrogens is 1. The second kappa shape index (κ2) is 8.81. The Hall–Kier alpha value is -0.910. The summed E-state index contributed by atoms with van der Waals surface area (Å²) in [5.74, 6) is 1.51. The minimum atomic E-state index is 0.563. The Morgan fingerprint density at radius 3 is 2.78 bits per heavy atom. The predicted molar refractivity (Wildman–Crippen MR) is 98.5 cm³/mol.